The number of ether oxygens (including phenoxy) is 1. The van der Waals surface area contributed by atoms with Crippen molar-refractivity contribution in [1.29, 1.82) is 0 Å². The van der Waals surface area contributed by atoms with Gasteiger partial charge in [-0.1, -0.05) is 19.1 Å². The van der Waals surface area contributed by atoms with Crippen LogP contribution in [-0.2, 0) is 11.3 Å². The Morgan fingerprint density at radius 2 is 1.96 bits per heavy atom. The van der Waals surface area contributed by atoms with Gasteiger partial charge in [0, 0.05) is 32.2 Å². The van der Waals surface area contributed by atoms with Crippen molar-refractivity contribution in [2.24, 2.45) is 5.92 Å². The van der Waals surface area contributed by atoms with Crippen LogP contribution in [0.15, 0.2) is 24.3 Å². The van der Waals surface area contributed by atoms with Crippen molar-refractivity contribution in [3.05, 3.63) is 29.8 Å². The lowest BCUT2D eigenvalue weighted by atomic mass is 9.94. The largest absolute Gasteiger partial charge is 0.435 e. The van der Waals surface area contributed by atoms with Crippen molar-refractivity contribution >= 4 is 5.91 Å². The summed E-state index contributed by atoms with van der Waals surface area (Å²) in [6.07, 6.45) is 3.04. The molecule has 0 saturated carbocycles. The first-order valence-electron chi connectivity index (χ1n) is 8.63. The minimum absolute atomic E-state index is 0.0942. The van der Waals surface area contributed by atoms with E-state index in [0.29, 0.717) is 11.9 Å². The first kappa shape index (κ1) is 17.1. The predicted molar refractivity (Wildman–Crippen MR) is 86.9 cm³/mol. The highest BCUT2D eigenvalue weighted by Crippen LogP contribution is 2.30. The van der Waals surface area contributed by atoms with Crippen molar-refractivity contribution in [3.63, 3.8) is 0 Å². The number of hydrogen-bond donors (Lipinski definition) is 0. The number of piperidine rings is 1. The maximum Gasteiger partial charge on any atom is 0.387 e. The zero-order valence-electron chi connectivity index (χ0n) is 14.0. The highest BCUT2D eigenvalue weighted by Gasteiger charge is 2.39. The fraction of sp³-hybridized carbons (Fsp3) is 0.611. The summed E-state index contributed by atoms with van der Waals surface area (Å²) in [7, 11) is 0. The Balaban J connectivity index is 1.65. The number of amides is 1. The first-order chi connectivity index (χ1) is 11.6. The summed E-state index contributed by atoms with van der Waals surface area (Å²) in [6.45, 7) is 2.55. The minimum atomic E-state index is -2.80. The Hall–Kier alpha value is -1.69. The van der Waals surface area contributed by atoms with Crippen molar-refractivity contribution in [2.75, 3.05) is 19.6 Å². The topological polar surface area (TPSA) is 32.8 Å². The Morgan fingerprint density at radius 1 is 1.21 bits per heavy atom. The van der Waals surface area contributed by atoms with Crippen LogP contribution in [0.4, 0.5) is 8.78 Å². The third-order valence-electron chi connectivity index (χ3n) is 4.89. The van der Waals surface area contributed by atoms with Crippen LogP contribution < -0.4 is 4.74 Å². The molecular formula is C18H24F2N2O2. The number of nitrogens with zero attached hydrogens (tertiary/aromatic N) is 2. The third kappa shape index (κ3) is 3.86. The van der Waals surface area contributed by atoms with E-state index in [1.807, 2.05) is 12.1 Å². The molecular weight excluding hydrogens is 314 g/mol. The van der Waals surface area contributed by atoms with Gasteiger partial charge in [-0.25, -0.2) is 0 Å². The second kappa shape index (κ2) is 7.47. The lowest BCUT2D eigenvalue weighted by Gasteiger charge is -2.35. The molecule has 3 aliphatic heterocycles. The molecule has 1 aromatic rings. The van der Waals surface area contributed by atoms with E-state index in [1.54, 1.807) is 12.1 Å². The average Bonchev–Trinajstić information content (AvgIpc) is 2.81. The van der Waals surface area contributed by atoms with E-state index in [2.05, 4.69) is 21.5 Å². The molecule has 132 valence electrons. The molecule has 0 aromatic heterocycles. The highest BCUT2D eigenvalue weighted by atomic mass is 19.3. The summed E-state index contributed by atoms with van der Waals surface area (Å²) < 4.78 is 28.8. The van der Waals surface area contributed by atoms with Crippen molar-refractivity contribution < 1.29 is 18.3 Å². The van der Waals surface area contributed by atoms with Gasteiger partial charge in [-0.2, -0.15) is 8.78 Å². The van der Waals surface area contributed by atoms with Gasteiger partial charge in [0.05, 0.1) is 5.92 Å². The molecule has 2 bridgehead atoms. The number of halogens is 2. The molecule has 0 spiro atoms. The van der Waals surface area contributed by atoms with Gasteiger partial charge in [-0.3, -0.25) is 9.69 Å². The number of benzene rings is 1. The zero-order valence-corrected chi connectivity index (χ0v) is 14.0. The lowest BCUT2D eigenvalue weighted by molar-refractivity contribution is -0.139. The number of rotatable bonds is 6. The van der Waals surface area contributed by atoms with Crippen LogP contribution in [0.5, 0.6) is 5.75 Å². The second-order valence-electron chi connectivity index (χ2n) is 6.68. The molecule has 0 unspecified atom stereocenters. The van der Waals surface area contributed by atoms with Crippen LogP contribution in [0.1, 0.15) is 31.7 Å². The molecule has 4 rings (SSSR count). The van der Waals surface area contributed by atoms with E-state index in [4.69, 9.17) is 0 Å². The van der Waals surface area contributed by atoms with E-state index >= 15 is 0 Å². The van der Waals surface area contributed by atoms with Gasteiger partial charge in [0.15, 0.2) is 0 Å². The van der Waals surface area contributed by atoms with Gasteiger partial charge < -0.3 is 9.64 Å². The molecule has 2 atom stereocenters. The van der Waals surface area contributed by atoms with E-state index in [1.165, 1.54) is 0 Å². The van der Waals surface area contributed by atoms with Crippen LogP contribution in [0.3, 0.4) is 0 Å². The molecule has 0 aliphatic carbocycles. The van der Waals surface area contributed by atoms with E-state index in [-0.39, 0.29) is 11.7 Å². The molecule has 3 heterocycles. The summed E-state index contributed by atoms with van der Waals surface area (Å²) in [5, 5.41) is 0. The van der Waals surface area contributed by atoms with Gasteiger partial charge in [-0.15, -0.1) is 0 Å². The number of hydrogen-bond acceptors (Lipinski definition) is 3. The van der Waals surface area contributed by atoms with Crippen LogP contribution in [-0.4, -0.2) is 48.0 Å². The number of carbonyl (C=O) groups is 1. The fourth-order valence-electron chi connectivity index (χ4n) is 3.83. The second-order valence-corrected chi connectivity index (χ2v) is 6.68. The van der Waals surface area contributed by atoms with E-state index in [9.17, 15) is 13.6 Å². The third-order valence-corrected chi connectivity index (χ3v) is 4.89. The number of carbonyl (C=O) groups excluding carboxylic acids is 1. The van der Waals surface area contributed by atoms with Crippen molar-refractivity contribution in [2.45, 2.75) is 45.4 Å². The Bertz CT molecular complexity index is 565. The first-order valence-corrected chi connectivity index (χ1v) is 8.63. The van der Waals surface area contributed by atoms with Crippen LogP contribution in [0.25, 0.3) is 0 Å². The predicted octanol–water partition coefficient (Wildman–Crippen LogP) is 3.12. The number of alkyl halides is 2. The molecule has 3 saturated heterocycles. The molecule has 0 N–H and O–H groups in total. The monoisotopic (exact) mass is 338 g/mol. The van der Waals surface area contributed by atoms with Gasteiger partial charge >= 0.3 is 6.61 Å². The van der Waals surface area contributed by atoms with Crippen LogP contribution in [0, 0.1) is 5.92 Å². The molecule has 1 aromatic carbocycles. The van der Waals surface area contributed by atoms with E-state index < -0.39 is 6.61 Å². The average molecular weight is 338 g/mol. The zero-order chi connectivity index (χ0) is 17.1. The molecule has 6 heteroatoms. The maximum atomic E-state index is 12.6. The fourth-order valence-corrected chi connectivity index (χ4v) is 3.83. The SMILES string of the molecule is CCCN1C(=O)[C@@H]2CC[C@H]1CN(Cc1ccc(OC(F)F)cc1)C2. The smallest absolute Gasteiger partial charge is 0.387 e. The lowest BCUT2D eigenvalue weighted by Crippen LogP contribution is -2.48. The highest BCUT2D eigenvalue weighted by molar-refractivity contribution is 5.80. The van der Waals surface area contributed by atoms with Crippen LogP contribution in [0.2, 0.25) is 0 Å². The summed E-state index contributed by atoms with van der Waals surface area (Å²) in [6, 6.07) is 7.08. The summed E-state index contributed by atoms with van der Waals surface area (Å²) >= 11 is 0. The summed E-state index contributed by atoms with van der Waals surface area (Å²) in [5.41, 5.74) is 1.05. The quantitative estimate of drug-likeness (QED) is 0.799. The van der Waals surface area contributed by atoms with E-state index in [0.717, 1.165) is 51.0 Å². The van der Waals surface area contributed by atoms with Gasteiger partial charge in [0.1, 0.15) is 5.75 Å². The molecule has 4 nitrogen and oxygen atoms in total. The molecule has 24 heavy (non-hydrogen) atoms. The Morgan fingerprint density at radius 3 is 2.62 bits per heavy atom. The molecule has 1 amide bonds. The normalized spacial score (nSPS) is 24.5. The number of fused-ring (bicyclic) bond motifs is 4. The van der Waals surface area contributed by atoms with Crippen molar-refractivity contribution in [3.8, 4) is 5.75 Å². The summed E-state index contributed by atoms with van der Waals surface area (Å²) in [4.78, 5) is 16.9. The van der Waals surface area contributed by atoms with Crippen molar-refractivity contribution in [1.82, 2.24) is 9.80 Å². The van der Waals surface area contributed by atoms with Gasteiger partial charge in [-0.05, 0) is 37.0 Å². The minimum Gasteiger partial charge on any atom is -0.435 e. The molecule has 3 fully saturated rings. The van der Waals surface area contributed by atoms with Gasteiger partial charge in [0.25, 0.3) is 0 Å². The van der Waals surface area contributed by atoms with Crippen LogP contribution >= 0.6 is 0 Å². The molecule has 3 aliphatic rings. The Kier molecular flexibility index (Phi) is 5.33. The maximum absolute atomic E-state index is 12.6. The summed E-state index contributed by atoms with van der Waals surface area (Å²) in [5.74, 6) is 0.571. The standard InChI is InChI=1S/C18H24F2N2O2/c1-2-9-22-15-6-5-14(17(22)23)11-21(12-15)10-13-3-7-16(8-4-13)24-18(19)20/h3-4,7-8,14-15,18H,2,5-6,9-12H2,1H3/t14-,15+/m1/s1. The molecule has 0 radical (unpaired) electrons. The Labute approximate surface area is 141 Å². The van der Waals surface area contributed by atoms with Gasteiger partial charge in [0.2, 0.25) is 5.91 Å².